The van der Waals surface area contributed by atoms with Gasteiger partial charge in [0, 0.05) is 32.2 Å². The summed E-state index contributed by atoms with van der Waals surface area (Å²) in [6, 6.07) is 4.98. The number of rotatable bonds is 7. The number of hydrogen-bond acceptors (Lipinski definition) is 9. The lowest BCUT2D eigenvalue weighted by Gasteiger charge is -2.34. The molecule has 1 unspecified atom stereocenters. The molecule has 0 radical (unpaired) electrons. The fourth-order valence-electron chi connectivity index (χ4n) is 6.84. The number of fused-ring (bicyclic) bond motifs is 2. The zero-order chi connectivity index (χ0) is 40.7. The largest absolute Gasteiger partial charge is 0.573 e. The summed E-state index contributed by atoms with van der Waals surface area (Å²) in [6.45, 7) is 2.62. The van der Waals surface area contributed by atoms with Crippen molar-refractivity contribution >= 4 is 47.2 Å². The molecule has 16 nitrogen and oxygen atoms in total. The number of hydrogen-bond donors (Lipinski definition) is 4. The topological polar surface area (TPSA) is 196 Å². The van der Waals surface area contributed by atoms with Crippen molar-refractivity contribution in [3.05, 3.63) is 60.2 Å². The van der Waals surface area contributed by atoms with Crippen molar-refractivity contribution in [2.24, 2.45) is 0 Å². The summed E-state index contributed by atoms with van der Waals surface area (Å²) in [6.07, 6.45) is -3.60. The number of halogens is 3. The van der Waals surface area contributed by atoms with E-state index in [1.165, 1.54) is 35.6 Å². The van der Waals surface area contributed by atoms with Crippen LogP contribution in [0.1, 0.15) is 45.1 Å². The van der Waals surface area contributed by atoms with E-state index in [0.29, 0.717) is 18.4 Å². The van der Waals surface area contributed by atoms with Gasteiger partial charge in [-0.25, -0.2) is 9.59 Å². The van der Waals surface area contributed by atoms with Crippen LogP contribution in [0.4, 0.5) is 23.7 Å². The molecular weight excluding hydrogens is 743 g/mol. The van der Waals surface area contributed by atoms with Gasteiger partial charge in [0.15, 0.2) is 0 Å². The van der Waals surface area contributed by atoms with Crippen LogP contribution in [0.25, 0.3) is 0 Å². The molecule has 3 aliphatic heterocycles. The van der Waals surface area contributed by atoms with Crippen LogP contribution in [0.3, 0.4) is 0 Å². The summed E-state index contributed by atoms with van der Waals surface area (Å²) in [5.74, 6) is -4.66. The molecule has 0 aromatic heterocycles. The lowest BCUT2D eigenvalue weighted by atomic mass is 10.0. The summed E-state index contributed by atoms with van der Waals surface area (Å²) in [4.78, 5) is 99.0. The molecule has 3 heterocycles. The molecule has 19 heteroatoms. The Balaban J connectivity index is 1.40. The van der Waals surface area contributed by atoms with Gasteiger partial charge < -0.3 is 45.4 Å². The SMILES string of the molecule is C[C@@H]1NC(=O)[C@H](C)N(C)C(=O)[C@@H]2CCCN2C(=O)[C@@H](NC(=O)[C@H](Cc2ccccc2)NC(=O)Nc2ccc(OC(F)(F)F)cc2)COC(=O)C2CCCN2C1=O. The summed E-state index contributed by atoms with van der Waals surface area (Å²) < 4.78 is 47.3. The Morgan fingerprint density at radius 3 is 2.16 bits per heavy atom. The van der Waals surface area contributed by atoms with Crippen molar-refractivity contribution in [2.45, 2.75) is 88.6 Å². The first kappa shape index (κ1) is 41.3. The summed E-state index contributed by atoms with van der Waals surface area (Å²) in [7, 11) is 1.41. The number of likely N-dealkylation sites (N-methyl/N-ethyl adjacent to an activating group) is 1. The summed E-state index contributed by atoms with van der Waals surface area (Å²) >= 11 is 0. The third kappa shape index (κ3) is 10.2. The zero-order valence-corrected chi connectivity index (χ0v) is 31.0. The summed E-state index contributed by atoms with van der Waals surface area (Å²) in [5, 5.41) is 10.2. The van der Waals surface area contributed by atoms with E-state index in [9.17, 15) is 46.7 Å². The predicted octanol–water partition coefficient (Wildman–Crippen LogP) is 1.69. The van der Waals surface area contributed by atoms with E-state index in [1.807, 2.05) is 0 Å². The maximum absolute atomic E-state index is 14.3. The Morgan fingerprint density at radius 2 is 1.52 bits per heavy atom. The van der Waals surface area contributed by atoms with Crippen molar-refractivity contribution < 1.29 is 56.2 Å². The smallest absolute Gasteiger partial charge is 0.461 e. The van der Waals surface area contributed by atoms with E-state index in [0.717, 1.165) is 24.3 Å². The Bertz CT molecular complexity index is 1800. The average molecular weight is 788 g/mol. The molecule has 4 N–H and O–H groups in total. The number of ether oxygens (including phenoxy) is 2. The highest BCUT2D eigenvalue weighted by atomic mass is 19.4. The molecule has 2 aromatic carbocycles. The standard InChI is InChI=1S/C37H44F3N7O9/c1-21-32(50)47-18-8-12-29(47)35(53)55-20-27(33(51)46-17-7-11-28(46)34(52)45(3)22(2)30(48)41-21)43-31(49)26(19-23-9-5-4-6-10-23)44-36(54)42-24-13-15-25(16-14-24)56-37(38,39)40/h4-6,9-10,13-16,21-22,26-29H,7-8,11-12,17-20H2,1-3H3,(H,41,48)(H,43,49)(H2,42,44,54)/t21-,22-,26-,27-,28-,29?/m0/s1. The van der Waals surface area contributed by atoms with Crippen molar-refractivity contribution in [2.75, 3.05) is 32.1 Å². The van der Waals surface area contributed by atoms with Crippen LogP contribution in [0.2, 0.25) is 0 Å². The van der Waals surface area contributed by atoms with Crippen LogP contribution >= 0.6 is 0 Å². The Hall–Kier alpha value is -5.88. The number of nitrogens with zero attached hydrogens (tertiary/aromatic N) is 3. The first-order chi connectivity index (χ1) is 26.5. The van der Waals surface area contributed by atoms with Crippen molar-refractivity contribution in [3.8, 4) is 5.75 Å². The number of nitrogens with one attached hydrogen (secondary N) is 4. The molecule has 3 saturated heterocycles. The highest BCUT2D eigenvalue weighted by molar-refractivity contribution is 5.98. The molecule has 3 aliphatic rings. The van der Waals surface area contributed by atoms with E-state index < -0.39 is 96.5 Å². The maximum atomic E-state index is 14.3. The molecule has 5 rings (SSSR count). The zero-order valence-electron chi connectivity index (χ0n) is 31.0. The molecule has 0 saturated carbocycles. The molecule has 6 atom stereocenters. The number of carbonyl (C=O) groups excluding carboxylic acids is 7. The van der Waals surface area contributed by atoms with Gasteiger partial charge in [0.05, 0.1) is 0 Å². The average Bonchev–Trinajstić information content (AvgIpc) is 3.86. The van der Waals surface area contributed by atoms with Gasteiger partial charge in [0.2, 0.25) is 29.5 Å². The number of benzene rings is 2. The van der Waals surface area contributed by atoms with E-state index in [-0.39, 0.29) is 38.0 Å². The summed E-state index contributed by atoms with van der Waals surface area (Å²) in [5.41, 5.74) is 0.690. The van der Waals surface area contributed by atoms with Gasteiger partial charge in [-0.05, 0) is 69.4 Å². The number of carbonyl (C=O) groups is 7. The minimum atomic E-state index is -4.91. The predicted molar refractivity (Wildman–Crippen MR) is 191 cm³/mol. The number of esters is 1. The van der Waals surface area contributed by atoms with Gasteiger partial charge in [-0.1, -0.05) is 30.3 Å². The number of cyclic esters (lactones) is 1. The molecule has 3 fully saturated rings. The minimum Gasteiger partial charge on any atom is -0.461 e. The second-order valence-electron chi connectivity index (χ2n) is 13.8. The lowest BCUT2D eigenvalue weighted by molar-refractivity contribution is -0.274. The fourth-order valence-corrected chi connectivity index (χ4v) is 6.84. The molecule has 56 heavy (non-hydrogen) atoms. The number of alkyl halides is 3. The number of amides is 7. The van der Waals surface area contributed by atoms with Gasteiger partial charge in [-0.3, -0.25) is 24.0 Å². The molecule has 2 aromatic rings. The Morgan fingerprint density at radius 1 is 0.893 bits per heavy atom. The lowest BCUT2D eigenvalue weighted by Crippen LogP contribution is -2.60. The van der Waals surface area contributed by atoms with Crippen molar-refractivity contribution in [1.82, 2.24) is 30.7 Å². The highest BCUT2D eigenvalue weighted by Gasteiger charge is 2.43. The third-order valence-corrected chi connectivity index (χ3v) is 9.92. The van der Waals surface area contributed by atoms with Crippen LogP contribution < -0.4 is 26.0 Å². The van der Waals surface area contributed by atoms with Crippen LogP contribution in [-0.4, -0.2) is 126 Å². The normalized spacial score (nSPS) is 24.4. The number of anilines is 1. The molecule has 0 bridgehead atoms. The van der Waals surface area contributed by atoms with Gasteiger partial charge in [0.1, 0.15) is 48.6 Å². The van der Waals surface area contributed by atoms with E-state index in [2.05, 4.69) is 26.0 Å². The van der Waals surface area contributed by atoms with E-state index in [1.54, 1.807) is 30.3 Å². The Kier molecular flexibility index (Phi) is 13.1. The second kappa shape index (κ2) is 17.7. The van der Waals surface area contributed by atoms with Gasteiger partial charge in [-0.2, -0.15) is 0 Å². The quantitative estimate of drug-likeness (QED) is 0.302. The third-order valence-electron chi connectivity index (χ3n) is 9.92. The highest BCUT2D eigenvalue weighted by Crippen LogP contribution is 2.25. The molecule has 0 aliphatic carbocycles. The minimum absolute atomic E-state index is 0.0749. The van der Waals surface area contributed by atoms with Crippen LogP contribution in [0, 0.1) is 0 Å². The molecule has 7 amide bonds. The first-order valence-corrected chi connectivity index (χ1v) is 18.1. The van der Waals surface area contributed by atoms with Gasteiger partial charge >= 0.3 is 18.4 Å². The fraction of sp³-hybridized carbons (Fsp3) is 0.486. The van der Waals surface area contributed by atoms with E-state index in [4.69, 9.17) is 4.74 Å². The molecule has 0 spiro atoms. The van der Waals surface area contributed by atoms with E-state index >= 15 is 0 Å². The van der Waals surface area contributed by atoms with Crippen LogP contribution in [0.5, 0.6) is 5.75 Å². The Labute approximate surface area is 320 Å². The second-order valence-corrected chi connectivity index (χ2v) is 13.8. The molecular formula is C37H44F3N7O9. The van der Waals surface area contributed by atoms with Crippen molar-refractivity contribution in [1.29, 1.82) is 0 Å². The first-order valence-electron chi connectivity index (χ1n) is 18.1. The number of urea groups is 1. The van der Waals surface area contributed by atoms with Crippen LogP contribution in [0.15, 0.2) is 54.6 Å². The van der Waals surface area contributed by atoms with Crippen LogP contribution in [-0.2, 0) is 39.9 Å². The molecule has 302 valence electrons. The van der Waals surface area contributed by atoms with Crippen molar-refractivity contribution in [3.63, 3.8) is 0 Å². The van der Waals surface area contributed by atoms with Gasteiger partial charge in [0.25, 0.3) is 0 Å². The maximum Gasteiger partial charge on any atom is 0.573 e. The van der Waals surface area contributed by atoms with Gasteiger partial charge in [-0.15, -0.1) is 13.2 Å². The monoisotopic (exact) mass is 787 g/mol.